The van der Waals surface area contributed by atoms with E-state index in [-0.39, 0.29) is 10.8 Å². The van der Waals surface area contributed by atoms with Crippen molar-refractivity contribution in [1.29, 1.82) is 0 Å². The van der Waals surface area contributed by atoms with E-state index in [0.717, 1.165) is 11.6 Å². The Bertz CT molecular complexity index is 807. The summed E-state index contributed by atoms with van der Waals surface area (Å²) in [6, 6.07) is 9.81. The number of ether oxygens (including phenoxy) is 1. The molecule has 0 fully saturated rings. The Morgan fingerprint density at radius 2 is 1.72 bits per heavy atom. The van der Waals surface area contributed by atoms with Gasteiger partial charge in [0.05, 0.1) is 23.9 Å². The van der Waals surface area contributed by atoms with Crippen molar-refractivity contribution in [2.24, 2.45) is 0 Å². The molecule has 2 rings (SSSR count). The third-order valence-electron chi connectivity index (χ3n) is 3.39. The lowest BCUT2D eigenvalue weighted by molar-refractivity contribution is -0.136. The Kier molecular flexibility index (Phi) is 5.63. The third kappa shape index (κ3) is 4.69. The summed E-state index contributed by atoms with van der Waals surface area (Å²) in [4.78, 5) is 11.6. The van der Waals surface area contributed by atoms with E-state index in [1.165, 1.54) is 31.4 Å². The number of hydrogen-bond acceptors (Lipinski definition) is 3. The maximum atomic E-state index is 13.0. The number of carbonyl (C=O) groups is 1. The van der Waals surface area contributed by atoms with Crippen LogP contribution in [0.25, 0.3) is 0 Å². The SMILES string of the molecule is COC(=O)c1ccc(C)c(NC(=S)Nc2ccccc2C(F)(F)F)c1. The number of carbonyl (C=O) groups excluding carboxylic acids is 1. The van der Waals surface area contributed by atoms with Gasteiger partial charge in [0.15, 0.2) is 5.11 Å². The first-order valence-corrected chi connectivity index (χ1v) is 7.56. The van der Waals surface area contributed by atoms with E-state index in [0.29, 0.717) is 11.3 Å². The predicted octanol–water partition coefficient (Wildman–Crippen LogP) is 4.61. The minimum Gasteiger partial charge on any atom is -0.465 e. The Morgan fingerprint density at radius 1 is 1.08 bits per heavy atom. The Hall–Kier alpha value is -2.61. The fourth-order valence-corrected chi connectivity index (χ4v) is 2.34. The van der Waals surface area contributed by atoms with Crippen LogP contribution >= 0.6 is 12.2 Å². The quantitative estimate of drug-likeness (QED) is 0.612. The number of anilines is 2. The summed E-state index contributed by atoms with van der Waals surface area (Å²) in [5.41, 5.74) is 0.577. The molecule has 0 aliphatic rings. The first-order valence-electron chi connectivity index (χ1n) is 7.15. The molecule has 0 aliphatic carbocycles. The van der Waals surface area contributed by atoms with E-state index in [1.54, 1.807) is 19.1 Å². The third-order valence-corrected chi connectivity index (χ3v) is 3.59. The van der Waals surface area contributed by atoms with Gasteiger partial charge in [-0.15, -0.1) is 0 Å². The Labute approximate surface area is 148 Å². The number of halogens is 3. The number of alkyl halides is 3. The molecule has 2 N–H and O–H groups in total. The van der Waals surface area contributed by atoms with Gasteiger partial charge in [-0.2, -0.15) is 13.2 Å². The molecule has 132 valence electrons. The molecule has 0 amide bonds. The smallest absolute Gasteiger partial charge is 0.418 e. The molecule has 8 heteroatoms. The van der Waals surface area contributed by atoms with Gasteiger partial charge in [-0.3, -0.25) is 0 Å². The predicted molar refractivity (Wildman–Crippen MR) is 93.8 cm³/mol. The summed E-state index contributed by atoms with van der Waals surface area (Å²) in [5, 5.41) is 5.32. The van der Waals surface area contributed by atoms with Gasteiger partial charge in [0.2, 0.25) is 0 Å². The van der Waals surface area contributed by atoms with Gasteiger partial charge >= 0.3 is 12.1 Å². The average molecular weight is 368 g/mol. The van der Waals surface area contributed by atoms with E-state index in [1.807, 2.05) is 0 Å². The lowest BCUT2D eigenvalue weighted by Gasteiger charge is -2.17. The van der Waals surface area contributed by atoms with Crippen LogP contribution < -0.4 is 10.6 Å². The van der Waals surface area contributed by atoms with Crippen molar-refractivity contribution >= 4 is 34.7 Å². The number of methoxy groups -OCH3 is 1. The largest absolute Gasteiger partial charge is 0.465 e. The van der Waals surface area contributed by atoms with Gasteiger partial charge in [0.1, 0.15) is 0 Å². The van der Waals surface area contributed by atoms with Crippen LogP contribution in [0.1, 0.15) is 21.5 Å². The molecule has 25 heavy (non-hydrogen) atoms. The second-order valence-electron chi connectivity index (χ2n) is 5.14. The first kappa shape index (κ1) is 18.7. The van der Waals surface area contributed by atoms with Crippen LogP contribution in [0.3, 0.4) is 0 Å². The van der Waals surface area contributed by atoms with Gasteiger partial charge in [0, 0.05) is 5.69 Å². The van der Waals surface area contributed by atoms with Crippen LogP contribution in [0.4, 0.5) is 24.5 Å². The summed E-state index contributed by atoms with van der Waals surface area (Å²) in [5.74, 6) is -0.524. The van der Waals surface area contributed by atoms with Gasteiger partial charge < -0.3 is 15.4 Å². The van der Waals surface area contributed by atoms with Gasteiger partial charge in [-0.1, -0.05) is 18.2 Å². The molecule has 2 aromatic rings. The second kappa shape index (κ2) is 7.52. The molecule has 0 saturated carbocycles. The number of thiocarbonyl (C=S) groups is 1. The Balaban J connectivity index is 2.21. The van der Waals surface area contributed by atoms with Crippen LogP contribution in [0, 0.1) is 6.92 Å². The molecule has 0 saturated heterocycles. The summed E-state index contributed by atoms with van der Waals surface area (Å²) in [6.45, 7) is 1.77. The van der Waals surface area contributed by atoms with Crippen LogP contribution in [-0.4, -0.2) is 18.2 Å². The van der Waals surface area contributed by atoms with Gasteiger partial charge in [-0.25, -0.2) is 4.79 Å². The molecule has 0 spiro atoms. The molecule has 0 atom stereocenters. The normalized spacial score (nSPS) is 10.9. The summed E-state index contributed by atoms with van der Waals surface area (Å²) in [7, 11) is 1.26. The summed E-state index contributed by atoms with van der Waals surface area (Å²) in [6.07, 6.45) is -4.50. The maximum absolute atomic E-state index is 13.0. The number of para-hydroxylation sites is 1. The zero-order valence-electron chi connectivity index (χ0n) is 13.4. The lowest BCUT2D eigenvalue weighted by atomic mass is 10.1. The van der Waals surface area contributed by atoms with Crippen LogP contribution in [0.2, 0.25) is 0 Å². The van der Waals surface area contributed by atoms with Crippen molar-refractivity contribution in [3.63, 3.8) is 0 Å². The van der Waals surface area contributed by atoms with Crippen LogP contribution in [0.15, 0.2) is 42.5 Å². The fraction of sp³-hybridized carbons (Fsp3) is 0.176. The van der Waals surface area contributed by atoms with Crippen molar-refractivity contribution in [1.82, 2.24) is 0 Å². The van der Waals surface area contributed by atoms with E-state index in [4.69, 9.17) is 12.2 Å². The maximum Gasteiger partial charge on any atom is 0.418 e. The number of aryl methyl sites for hydroxylation is 1. The minimum absolute atomic E-state index is 0.0261. The van der Waals surface area contributed by atoms with Gasteiger partial charge in [0.25, 0.3) is 0 Å². The lowest BCUT2D eigenvalue weighted by Crippen LogP contribution is -2.22. The molecule has 0 aliphatic heterocycles. The summed E-state index contributed by atoms with van der Waals surface area (Å²) >= 11 is 5.09. The second-order valence-corrected chi connectivity index (χ2v) is 5.55. The molecular weight excluding hydrogens is 353 g/mol. The van der Waals surface area contributed by atoms with Crippen LogP contribution in [-0.2, 0) is 10.9 Å². The van der Waals surface area contributed by atoms with Crippen molar-refractivity contribution in [2.75, 3.05) is 17.7 Å². The molecule has 4 nitrogen and oxygen atoms in total. The first-order chi connectivity index (χ1) is 11.7. The van der Waals surface area contributed by atoms with Crippen molar-refractivity contribution < 1.29 is 22.7 Å². The summed E-state index contributed by atoms with van der Waals surface area (Å²) < 4.78 is 43.7. The van der Waals surface area contributed by atoms with Crippen molar-refractivity contribution in [3.8, 4) is 0 Å². The van der Waals surface area contributed by atoms with Crippen molar-refractivity contribution in [3.05, 3.63) is 59.2 Å². The Morgan fingerprint density at radius 3 is 2.36 bits per heavy atom. The molecule has 0 unspecified atom stereocenters. The highest BCUT2D eigenvalue weighted by Crippen LogP contribution is 2.34. The van der Waals surface area contributed by atoms with E-state index < -0.39 is 17.7 Å². The minimum atomic E-state index is -4.50. The topological polar surface area (TPSA) is 50.4 Å². The highest BCUT2D eigenvalue weighted by molar-refractivity contribution is 7.80. The molecule has 0 bridgehead atoms. The molecule has 0 aromatic heterocycles. The standard InChI is InChI=1S/C17H15F3N2O2S/c1-10-7-8-11(15(23)24-2)9-14(10)22-16(25)21-13-6-4-3-5-12(13)17(18,19)20/h3-9H,1-2H3,(H2,21,22,25). The zero-order valence-corrected chi connectivity index (χ0v) is 14.2. The average Bonchev–Trinajstić information content (AvgIpc) is 2.55. The molecule has 2 aromatic carbocycles. The molecule has 0 radical (unpaired) electrons. The number of esters is 1. The molecule has 0 heterocycles. The highest BCUT2D eigenvalue weighted by Gasteiger charge is 2.33. The highest BCUT2D eigenvalue weighted by atomic mass is 32.1. The van der Waals surface area contributed by atoms with Gasteiger partial charge in [-0.05, 0) is 49.0 Å². The van der Waals surface area contributed by atoms with E-state index in [2.05, 4.69) is 15.4 Å². The van der Waals surface area contributed by atoms with Crippen molar-refractivity contribution in [2.45, 2.75) is 13.1 Å². The fourth-order valence-electron chi connectivity index (χ4n) is 2.12. The molecular formula is C17H15F3N2O2S. The van der Waals surface area contributed by atoms with Crippen LogP contribution in [0.5, 0.6) is 0 Å². The monoisotopic (exact) mass is 368 g/mol. The van der Waals surface area contributed by atoms with E-state index in [9.17, 15) is 18.0 Å². The number of rotatable bonds is 3. The number of benzene rings is 2. The number of hydrogen-bond donors (Lipinski definition) is 2. The number of nitrogens with one attached hydrogen (secondary N) is 2. The van der Waals surface area contributed by atoms with E-state index >= 15 is 0 Å². The zero-order chi connectivity index (χ0) is 18.6.